The zero-order chi connectivity index (χ0) is 32.4. The summed E-state index contributed by atoms with van der Waals surface area (Å²) in [5, 5.41) is 12.2. The van der Waals surface area contributed by atoms with Crippen LogP contribution in [0.3, 0.4) is 0 Å². The highest BCUT2D eigenvalue weighted by Crippen LogP contribution is 2.41. The Morgan fingerprint density at radius 3 is 2.53 bits per heavy atom. The summed E-state index contributed by atoms with van der Waals surface area (Å²) in [6, 6.07) is 3.81. The molecule has 1 unspecified atom stereocenters. The zero-order valence-corrected chi connectivity index (χ0v) is 26.0. The number of methoxy groups -OCH3 is 2. The van der Waals surface area contributed by atoms with Crippen molar-refractivity contribution in [1.82, 2.24) is 19.9 Å². The van der Waals surface area contributed by atoms with Crippen molar-refractivity contribution in [3.05, 3.63) is 46.7 Å². The quantitative estimate of drug-likeness (QED) is 0.320. The summed E-state index contributed by atoms with van der Waals surface area (Å²) in [7, 11) is 2.86. The summed E-state index contributed by atoms with van der Waals surface area (Å²) in [5.74, 6) is -1.51. The van der Waals surface area contributed by atoms with Crippen molar-refractivity contribution in [2.75, 3.05) is 50.6 Å². The van der Waals surface area contributed by atoms with Crippen LogP contribution in [0.25, 0.3) is 11.3 Å². The molecule has 1 aromatic carbocycles. The molecule has 0 saturated carbocycles. The number of aliphatic carboxylic acids is 1. The number of nitrogens with one attached hydrogen (secondary N) is 1. The third kappa shape index (κ3) is 7.53. The van der Waals surface area contributed by atoms with Gasteiger partial charge in [-0.1, -0.05) is 11.3 Å². The number of thiazole rings is 1. The van der Waals surface area contributed by atoms with E-state index in [-0.39, 0.29) is 33.7 Å². The van der Waals surface area contributed by atoms with Gasteiger partial charge in [0.2, 0.25) is 0 Å². The first-order chi connectivity index (χ1) is 21.4. The summed E-state index contributed by atoms with van der Waals surface area (Å²) in [6.07, 6.45) is 0.942. The van der Waals surface area contributed by atoms with Gasteiger partial charge in [0, 0.05) is 43.7 Å². The number of ether oxygens (including phenoxy) is 2. The third-order valence-corrected chi connectivity index (χ3v) is 9.29. The van der Waals surface area contributed by atoms with Gasteiger partial charge >= 0.3 is 12.1 Å². The second-order valence-electron chi connectivity index (χ2n) is 11.5. The average molecular weight is 649 g/mol. The van der Waals surface area contributed by atoms with Crippen LogP contribution in [-0.4, -0.2) is 82.8 Å². The molecule has 2 N–H and O–H groups in total. The van der Waals surface area contributed by atoms with Crippen molar-refractivity contribution in [2.45, 2.75) is 50.9 Å². The molecule has 0 bridgehead atoms. The maximum atomic E-state index is 13.9. The van der Waals surface area contributed by atoms with Crippen molar-refractivity contribution in [3.8, 4) is 17.0 Å². The predicted octanol–water partition coefficient (Wildman–Crippen LogP) is 5.18. The van der Waals surface area contributed by atoms with Crippen LogP contribution in [0.5, 0.6) is 5.75 Å². The number of halogens is 3. The number of likely N-dealkylation sites (tertiary alicyclic amines) is 1. The van der Waals surface area contributed by atoms with Gasteiger partial charge in [-0.15, -0.1) is 0 Å². The molecule has 5 rings (SSSR count). The number of hydrogen-bond donors (Lipinski definition) is 2. The molecule has 45 heavy (non-hydrogen) atoms. The van der Waals surface area contributed by atoms with Gasteiger partial charge < -0.3 is 19.5 Å². The highest BCUT2D eigenvalue weighted by Gasteiger charge is 2.36. The minimum atomic E-state index is -4.64. The molecule has 1 atom stereocenters. The standard InChI is InChI=1S/C30H35F3N6O5S/c1-29(44-3)9-4-10-38(17-29)16-23-25(19-5-6-22(43-2)20(13-19)30(31,32)33)36-28(45-23)37-26(40)21-14-35-24(15-34-21)39-11-7-18(8-12-39)27(41)42/h5-6,13-15,18H,4,7-12,16-17H2,1-3H3,(H,41,42)(H,36,37,40). The third-order valence-electron chi connectivity index (χ3n) is 8.33. The average Bonchev–Trinajstić information content (AvgIpc) is 3.42. The van der Waals surface area contributed by atoms with Crippen LogP contribution in [0.2, 0.25) is 0 Å². The van der Waals surface area contributed by atoms with Crippen molar-refractivity contribution < 1.29 is 37.3 Å². The number of alkyl halides is 3. The SMILES string of the molecule is COc1ccc(-c2nc(NC(=O)c3cnc(N4CCC(C(=O)O)CC4)cn3)sc2CN2CCCC(C)(OC)C2)cc1C(F)(F)F. The first-order valence-corrected chi connectivity index (χ1v) is 15.3. The van der Waals surface area contributed by atoms with Crippen molar-refractivity contribution in [2.24, 2.45) is 5.92 Å². The van der Waals surface area contributed by atoms with Crippen LogP contribution in [-0.2, 0) is 22.3 Å². The van der Waals surface area contributed by atoms with Crippen molar-refractivity contribution in [1.29, 1.82) is 0 Å². The lowest BCUT2D eigenvalue weighted by atomic mass is 9.94. The molecule has 11 nitrogen and oxygen atoms in total. The number of hydrogen-bond acceptors (Lipinski definition) is 10. The smallest absolute Gasteiger partial charge is 0.419 e. The Morgan fingerprint density at radius 1 is 1.16 bits per heavy atom. The first-order valence-electron chi connectivity index (χ1n) is 14.5. The number of piperidine rings is 2. The fourth-order valence-electron chi connectivity index (χ4n) is 5.75. The molecule has 4 heterocycles. The predicted molar refractivity (Wildman–Crippen MR) is 162 cm³/mol. The number of nitrogens with zero attached hydrogens (tertiary/aromatic N) is 5. The summed E-state index contributed by atoms with van der Waals surface area (Å²) in [4.78, 5) is 42.3. The number of carbonyl (C=O) groups excluding carboxylic acids is 1. The van der Waals surface area contributed by atoms with Gasteiger partial charge in [-0.25, -0.2) is 15.0 Å². The monoisotopic (exact) mass is 648 g/mol. The minimum absolute atomic E-state index is 0.0353. The molecular formula is C30H35F3N6O5S. The van der Waals surface area contributed by atoms with Gasteiger partial charge in [0.1, 0.15) is 17.3 Å². The lowest BCUT2D eigenvalue weighted by Gasteiger charge is -2.39. The van der Waals surface area contributed by atoms with Gasteiger partial charge in [0.15, 0.2) is 5.13 Å². The maximum absolute atomic E-state index is 13.9. The van der Waals surface area contributed by atoms with Crippen LogP contribution in [0, 0.1) is 5.92 Å². The zero-order valence-electron chi connectivity index (χ0n) is 25.2. The molecule has 1 amide bonds. The molecule has 2 saturated heterocycles. The molecule has 242 valence electrons. The van der Waals surface area contributed by atoms with E-state index in [0.717, 1.165) is 25.5 Å². The van der Waals surface area contributed by atoms with Crippen LogP contribution >= 0.6 is 11.3 Å². The van der Waals surface area contributed by atoms with Crippen LogP contribution in [0.4, 0.5) is 24.1 Å². The normalized spacial score (nSPS) is 19.8. The Bertz CT molecular complexity index is 1530. The number of benzene rings is 1. The van der Waals surface area contributed by atoms with E-state index in [1.165, 1.54) is 43.0 Å². The van der Waals surface area contributed by atoms with E-state index in [1.54, 1.807) is 7.11 Å². The van der Waals surface area contributed by atoms with Crippen LogP contribution in [0.1, 0.15) is 53.5 Å². The molecule has 2 fully saturated rings. The highest BCUT2D eigenvalue weighted by atomic mass is 32.1. The Kier molecular flexibility index (Phi) is 9.60. The molecule has 2 aliphatic rings. The van der Waals surface area contributed by atoms with E-state index in [4.69, 9.17) is 9.47 Å². The molecular weight excluding hydrogens is 613 g/mol. The van der Waals surface area contributed by atoms with Gasteiger partial charge in [-0.05, 0) is 57.4 Å². The fourth-order valence-corrected chi connectivity index (χ4v) is 6.77. The van der Waals surface area contributed by atoms with E-state index >= 15 is 0 Å². The number of carbonyl (C=O) groups is 2. The number of anilines is 2. The van der Waals surface area contributed by atoms with E-state index in [2.05, 4.69) is 25.2 Å². The number of carboxylic acid groups (broad SMARTS) is 1. The molecule has 2 aliphatic heterocycles. The summed E-state index contributed by atoms with van der Waals surface area (Å²) in [5.41, 5.74) is -0.648. The number of amides is 1. The second kappa shape index (κ2) is 13.3. The fraction of sp³-hybridized carbons (Fsp3) is 0.500. The maximum Gasteiger partial charge on any atom is 0.419 e. The number of aromatic nitrogens is 3. The molecule has 0 radical (unpaired) electrons. The second-order valence-corrected chi connectivity index (χ2v) is 12.6. The van der Waals surface area contributed by atoms with Crippen molar-refractivity contribution >= 4 is 34.2 Å². The molecule has 2 aromatic heterocycles. The highest BCUT2D eigenvalue weighted by molar-refractivity contribution is 7.16. The lowest BCUT2D eigenvalue weighted by molar-refractivity contribution is -0.142. The van der Waals surface area contributed by atoms with Gasteiger partial charge in [0.05, 0.1) is 42.3 Å². The van der Waals surface area contributed by atoms with Gasteiger partial charge in [-0.2, -0.15) is 13.2 Å². The topological polar surface area (TPSA) is 130 Å². The summed E-state index contributed by atoms with van der Waals surface area (Å²) < 4.78 is 52.3. The van der Waals surface area contributed by atoms with Crippen LogP contribution in [0.15, 0.2) is 30.6 Å². The molecule has 3 aromatic rings. The Labute approximate surface area is 262 Å². The minimum Gasteiger partial charge on any atom is -0.496 e. The Morgan fingerprint density at radius 2 is 1.91 bits per heavy atom. The summed E-state index contributed by atoms with van der Waals surface area (Å²) >= 11 is 1.19. The van der Waals surface area contributed by atoms with E-state index in [0.29, 0.717) is 55.4 Å². The number of rotatable bonds is 9. The largest absolute Gasteiger partial charge is 0.496 e. The molecule has 15 heteroatoms. The van der Waals surface area contributed by atoms with Gasteiger partial charge in [-0.3, -0.25) is 19.8 Å². The van der Waals surface area contributed by atoms with E-state index in [1.807, 2.05) is 11.8 Å². The van der Waals surface area contributed by atoms with E-state index < -0.39 is 23.6 Å². The summed E-state index contributed by atoms with van der Waals surface area (Å²) in [6.45, 7) is 4.89. The molecule has 0 aliphatic carbocycles. The van der Waals surface area contributed by atoms with Crippen LogP contribution < -0.4 is 15.0 Å². The van der Waals surface area contributed by atoms with Crippen molar-refractivity contribution in [3.63, 3.8) is 0 Å². The first kappa shape index (κ1) is 32.6. The van der Waals surface area contributed by atoms with Gasteiger partial charge in [0.25, 0.3) is 5.91 Å². The molecule has 0 spiro atoms. The Hall–Kier alpha value is -3.82. The van der Waals surface area contributed by atoms with E-state index in [9.17, 15) is 27.9 Å². The number of carboxylic acids is 1. The lowest BCUT2D eigenvalue weighted by Crippen LogP contribution is -2.46. The Balaban J connectivity index is 1.38.